The van der Waals surface area contributed by atoms with Gasteiger partial charge in [0, 0.05) is 25.2 Å². The fourth-order valence-electron chi connectivity index (χ4n) is 1.68. The smallest absolute Gasteiger partial charge is 0.195 e. The molecule has 0 atom stereocenters. The highest BCUT2D eigenvalue weighted by Crippen LogP contribution is 2.33. The van der Waals surface area contributed by atoms with Crippen LogP contribution < -0.4 is 4.74 Å². The van der Waals surface area contributed by atoms with Crippen molar-refractivity contribution in [3.05, 3.63) is 59.5 Å². The molecule has 0 aliphatic carbocycles. The third-order valence-electron chi connectivity index (χ3n) is 2.66. The molecule has 0 saturated heterocycles. The van der Waals surface area contributed by atoms with E-state index in [1.54, 1.807) is 12.1 Å². The third kappa shape index (κ3) is 3.30. The van der Waals surface area contributed by atoms with Gasteiger partial charge in [-0.2, -0.15) is 0 Å². The summed E-state index contributed by atoms with van der Waals surface area (Å²) in [5, 5.41) is 0.664. The van der Waals surface area contributed by atoms with Crippen molar-refractivity contribution in [2.75, 3.05) is 7.11 Å². The second kappa shape index (κ2) is 6.64. The molecule has 0 saturated carbocycles. The van der Waals surface area contributed by atoms with Crippen LogP contribution in [0.25, 0.3) is 0 Å². The average Bonchev–Trinajstić information content (AvgIpc) is 2.42. The van der Waals surface area contributed by atoms with E-state index in [1.165, 1.54) is 13.2 Å². The summed E-state index contributed by atoms with van der Waals surface area (Å²) in [5.74, 6) is 0.266. The van der Waals surface area contributed by atoms with Gasteiger partial charge in [0.05, 0.1) is 17.2 Å². The van der Waals surface area contributed by atoms with E-state index >= 15 is 0 Å². The number of carbonyl (C=O) groups excluding carboxylic acids is 1. The predicted octanol–water partition coefficient (Wildman–Crippen LogP) is 5.60. The standard InChI is InChI=1S/C14H8BrCl2IO2/c1-20-13-6-10(16)8(5-11(13)17)14(19)9-4-7(15)2-3-12(9)18/h2-6H,1H3. The molecule has 2 aromatic carbocycles. The Bertz CT molecular complexity index is 689. The highest BCUT2D eigenvalue weighted by Gasteiger charge is 2.18. The lowest BCUT2D eigenvalue weighted by atomic mass is 10.0. The van der Waals surface area contributed by atoms with Crippen LogP contribution in [0.4, 0.5) is 0 Å². The maximum Gasteiger partial charge on any atom is 0.195 e. The summed E-state index contributed by atoms with van der Waals surface area (Å²) in [6, 6.07) is 8.57. The van der Waals surface area contributed by atoms with Crippen molar-refractivity contribution in [1.29, 1.82) is 0 Å². The number of ether oxygens (including phenoxy) is 1. The molecule has 20 heavy (non-hydrogen) atoms. The molecule has 0 radical (unpaired) electrons. The van der Waals surface area contributed by atoms with E-state index in [9.17, 15) is 4.79 Å². The molecule has 0 heterocycles. The number of halogens is 4. The minimum atomic E-state index is -0.176. The number of hydrogen-bond acceptors (Lipinski definition) is 2. The van der Waals surface area contributed by atoms with Crippen LogP contribution in [0.1, 0.15) is 15.9 Å². The van der Waals surface area contributed by atoms with Gasteiger partial charge in [0.1, 0.15) is 5.75 Å². The zero-order valence-electron chi connectivity index (χ0n) is 10.2. The fraction of sp³-hybridized carbons (Fsp3) is 0.0714. The molecule has 2 rings (SSSR count). The maximum atomic E-state index is 12.6. The minimum Gasteiger partial charge on any atom is -0.495 e. The Labute approximate surface area is 148 Å². The van der Waals surface area contributed by atoms with Crippen LogP contribution in [0.2, 0.25) is 10.0 Å². The van der Waals surface area contributed by atoms with Gasteiger partial charge in [-0.3, -0.25) is 4.79 Å². The number of ketones is 1. The van der Waals surface area contributed by atoms with E-state index in [2.05, 4.69) is 38.5 Å². The Morgan fingerprint density at radius 3 is 2.50 bits per heavy atom. The van der Waals surface area contributed by atoms with Crippen LogP contribution in [0, 0.1) is 3.57 Å². The lowest BCUT2D eigenvalue weighted by molar-refractivity contribution is 0.103. The molecule has 0 spiro atoms. The predicted molar refractivity (Wildman–Crippen MR) is 93.3 cm³/mol. The summed E-state index contributed by atoms with van der Waals surface area (Å²) in [5.41, 5.74) is 0.927. The first-order valence-corrected chi connectivity index (χ1v) is 8.09. The lowest BCUT2D eigenvalue weighted by Gasteiger charge is -2.09. The average molecular weight is 486 g/mol. The van der Waals surface area contributed by atoms with Crippen LogP contribution in [-0.4, -0.2) is 12.9 Å². The van der Waals surface area contributed by atoms with Gasteiger partial charge in [-0.15, -0.1) is 0 Å². The molecule has 0 amide bonds. The van der Waals surface area contributed by atoms with Crippen molar-refractivity contribution in [3.63, 3.8) is 0 Å². The highest BCUT2D eigenvalue weighted by molar-refractivity contribution is 14.1. The lowest BCUT2D eigenvalue weighted by Crippen LogP contribution is -2.05. The van der Waals surface area contributed by atoms with Crippen molar-refractivity contribution >= 4 is 67.5 Å². The van der Waals surface area contributed by atoms with Gasteiger partial charge in [0.15, 0.2) is 5.78 Å². The third-order valence-corrected chi connectivity index (χ3v) is 4.70. The van der Waals surface area contributed by atoms with E-state index in [0.29, 0.717) is 26.9 Å². The SMILES string of the molecule is COc1cc(Cl)c(C(=O)c2cc(Br)ccc2I)cc1Cl. The molecule has 0 N–H and O–H groups in total. The summed E-state index contributed by atoms with van der Waals surface area (Å²) >= 11 is 17.7. The van der Waals surface area contributed by atoms with Crippen LogP contribution in [0.5, 0.6) is 5.75 Å². The van der Waals surface area contributed by atoms with Crippen LogP contribution in [0.3, 0.4) is 0 Å². The maximum absolute atomic E-state index is 12.6. The number of rotatable bonds is 3. The minimum absolute atomic E-state index is 0.176. The molecular formula is C14H8BrCl2IO2. The molecule has 0 aromatic heterocycles. The molecule has 0 aliphatic rings. The van der Waals surface area contributed by atoms with Crippen LogP contribution in [-0.2, 0) is 0 Å². The summed E-state index contributed by atoms with van der Waals surface area (Å²) < 4.78 is 6.75. The van der Waals surface area contributed by atoms with E-state index < -0.39 is 0 Å². The number of hydrogen-bond donors (Lipinski definition) is 0. The van der Waals surface area contributed by atoms with E-state index in [-0.39, 0.29) is 5.78 Å². The van der Waals surface area contributed by atoms with Gasteiger partial charge in [-0.05, 0) is 46.9 Å². The van der Waals surface area contributed by atoms with Gasteiger partial charge in [-0.1, -0.05) is 39.1 Å². The van der Waals surface area contributed by atoms with Gasteiger partial charge < -0.3 is 4.74 Å². The Kier molecular flexibility index (Phi) is 5.34. The largest absolute Gasteiger partial charge is 0.495 e. The van der Waals surface area contributed by atoms with Crippen LogP contribution in [0.15, 0.2) is 34.8 Å². The Hall–Kier alpha value is -0.300. The van der Waals surface area contributed by atoms with Crippen molar-refractivity contribution in [2.45, 2.75) is 0 Å². The highest BCUT2D eigenvalue weighted by atomic mass is 127. The molecule has 0 aliphatic heterocycles. The van der Waals surface area contributed by atoms with E-state index in [4.69, 9.17) is 27.9 Å². The molecule has 0 fully saturated rings. The van der Waals surface area contributed by atoms with Crippen molar-refractivity contribution in [3.8, 4) is 5.75 Å². The summed E-state index contributed by atoms with van der Waals surface area (Å²) in [6.45, 7) is 0. The van der Waals surface area contributed by atoms with Crippen molar-refractivity contribution < 1.29 is 9.53 Å². The quantitative estimate of drug-likeness (QED) is 0.418. The fourth-order valence-corrected chi connectivity index (χ4v) is 3.10. The second-order valence-corrected chi connectivity index (χ2v) is 6.81. The molecule has 0 bridgehead atoms. The number of carbonyl (C=O) groups is 1. The summed E-state index contributed by atoms with van der Waals surface area (Å²) in [6.07, 6.45) is 0. The molecule has 104 valence electrons. The van der Waals surface area contributed by atoms with Gasteiger partial charge in [0.2, 0.25) is 0 Å². The molecule has 2 aromatic rings. The van der Waals surface area contributed by atoms with Gasteiger partial charge in [0.25, 0.3) is 0 Å². The second-order valence-electron chi connectivity index (χ2n) is 3.92. The Morgan fingerprint density at radius 2 is 1.85 bits per heavy atom. The first kappa shape index (κ1) is 16.1. The molecule has 2 nitrogen and oxygen atoms in total. The van der Waals surface area contributed by atoms with E-state index in [0.717, 1.165) is 8.04 Å². The Morgan fingerprint density at radius 1 is 1.15 bits per heavy atom. The zero-order valence-corrected chi connectivity index (χ0v) is 15.5. The number of methoxy groups -OCH3 is 1. The monoisotopic (exact) mass is 484 g/mol. The van der Waals surface area contributed by atoms with E-state index in [1.807, 2.05) is 12.1 Å². The molecule has 0 unspecified atom stereocenters. The first-order valence-electron chi connectivity index (χ1n) is 5.47. The van der Waals surface area contributed by atoms with Crippen molar-refractivity contribution in [1.82, 2.24) is 0 Å². The van der Waals surface area contributed by atoms with Crippen molar-refractivity contribution in [2.24, 2.45) is 0 Å². The van der Waals surface area contributed by atoms with Gasteiger partial charge >= 0.3 is 0 Å². The Balaban J connectivity index is 2.54. The van der Waals surface area contributed by atoms with Crippen LogP contribution >= 0.6 is 61.7 Å². The van der Waals surface area contributed by atoms with Gasteiger partial charge in [-0.25, -0.2) is 0 Å². The normalized spacial score (nSPS) is 10.4. The molecular weight excluding hydrogens is 478 g/mol. The summed E-state index contributed by atoms with van der Waals surface area (Å²) in [7, 11) is 1.50. The summed E-state index contributed by atoms with van der Waals surface area (Å²) in [4.78, 5) is 12.6. The first-order chi connectivity index (χ1) is 9.43. The zero-order chi connectivity index (χ0) is 14.9. The number of benzene rings is 2. The topological polar surface area (TPSA) is 26.3 Å². The molecule has 6 heteroatoms.